The molecule has 146 valence electrons. The van der Waals surface area contributed by atoms with Gasteiger partial charge in [-0.3, -0.25) is 9.69 Å². The third-order valence-electron chi connectivity index (χ3n) is 4.63. The molecule has 2 aromatic rings. The van der Waals surface area contributed by atoms with Crippen molar-refractivity contribution < 1.29 is 18.7 Å². The summed E-state index contributed by atoms with van der Waals surface area (Å²) in [4.78, 5) is 14.5. The fourth-order valence-electron chi connectivity index (χ4n) is 3.18. The van der Waals surface area contributed by atoms with Crippen LogP contribution >= 0.6 is 11.6 Å². The highest BCUT2D eigenvalue weighted by Gasteiger charge is 2.25. The summed E-state index contributed by atoms with van der Waals surface area (Å²) in [5.41, 5.74) is 1.86. The molecule has 2 heterocycles. The molecule has 1 aromatic carbocycles. The first kappa shape index (κ1) is 19.7. The monoisotopic (exact) mass is 392 g/mol. The summed E-state index contributed by atoms with van der Waals surface area (Å²) in [6.45, 7) is 7.22. The van der Waals surface area contributed by atoms with Crippen molar-refractivity contribution >= 4 is 17.5 Å². The van der Waals surface area contributed by atoms with Gasteiger partial charge >= 0.3 is 0 Å². The SMILES string of the molecule is Cc1cc(OCC(=O)NC[C@@H](c2ccco2)N2CCOCC2)cc(C)c1Cl. The Morgan fingerprint density at radius 3 is 2.63 bits per heavy atom. The molecular weight excluding hydrogens is 368 g/mol. The molecule has 1 aliphatic heterocycles. The molecule has 1 atom stereocenters. The first-order valence-corrected chi connectivity index (χ1v) is 9.44. The minimum absolute atomic E-state index is 0.0205. The molecular formula is C20H25ClN2O4. The lowest BCUT2D eigenvalue weighted by Gasteiger charge is -2.33. The van der Waals surface area contributed by atoms with Crippen LogP contribution in [-0.4, -0.2) is 50.3 Å². The van der Waals surface area contributed by atoms with Gasteiger partial charge in [0.15, 0.2) is 6.61 Å². The van der Waals surface area contributed by atoms with Gasteiger partial charge in [-0.1, -0.05) is 11.6 Å². The number of amides is 1. The van der Waals surface area contributed by atoms with Gasteiger partial charge in [-0.25, -0.2) is 0 Å². The highest BCUT2D eigenvalue weighted by Crippen LogP contribution is 2.26. The first-order chi connectivity index (χ1) is 13.0. The number of furan rings is 1. The van der Waals surface area contributed by atoms with Gasteiger partial charge in [0.1, 0.15) is 11.5 Å². The predicted octanol–water partition coefficient (Wildman–Crippen LogP) is 3.12. The van der Waals surface area contributed by atoms with Crippen LogP contribution in [0.15, 0.2) is 34.9 Å². The molecule has 1 amide bonds. The molecule has 27 heavy (non-hydrogen) atoms. The molecule has 3 rings (SSSR count). The van der Waals surface area contributed by atoms with Crippen LogP contribution in [0, 0.1) is 13.8 Å². The second kappa shape index (κ2) is 9.26. The average molecular weight is 393 g/mol. The van der Waals surface area contributed by atoms with E-state index in [-0.39, 0.29) is 18.6 Å². The molecule has 0 aliphatic carbocycles. The molecule has 1 aliphatic rings. The summed E-state index contributed by atoms with van der Waals surface area (Å²) >= 11 is 6.16. The Labute approximate surface area is 164 Å². The van der Waals surface area contributed by atoms with E-state index in [2.05, 4.69) is 10.2 Å². The Kier molecular flexibility index (Phi) is 6.77. The van der Waals surface area contributed by atoms with Gasteiger partial charge in [-0.2, -0.15) is 0 Å². The smallest absolute Gasteiger partial charge is 0.258 e. The number of nitrogens with zero attached hydrogens (tertiary/aromatic N) is 1. The molecule has 1 saturated heterocycles. The maximum atomic E-state index is 12.3. The van der Waals surface area contributed by atoms with Crippen LogP contribution in [0.2, 0.25) is 5.02 Å². The lowest BCUT2D eigenvalue weighted by molar-refractivity contribution is -0.123. The molecule has 0 saturated carbocycles. The first-order valence-electron chi connectivity index (χ1n) is 9.06. The fraction of sp³-hybridized carbons (Fsp3) is 0.450. The average Bonchev–Trinajstić information content (AvgIpc) is 3.20. The van der Waals surface area contributed by atoms with E-state index in [0.717, 1.165) is 35.0 Å². The van der Waals surface area contributed by atoms with Crippen molar-refractivity contribution in [3.05, 3.63) is 52.4 Å². The van der Waals surface area contributed by atoms with Crippen LogP contribution in [0.3, 0.4) is 0 Å². The summed E-state index contributed by atoms with van der Waals surface area (Å²) < 4.78 is 16.6. The van der Waals surface area contributed by atoms with Gasteiger partial charge in [0.05, 0.1) is 25.5 Å². The molecule has 0 radical (unpaired) electrons. The van der Waals surface area contributed by atoms with Crippen LogP contribution < -0.4 is 10.1 Å². The number of rotatable bonds is 7. The summed E-state index contributed by atoms with van der Waals surface area (Å²) in [5.74, 6) is 1.30. The van der Waals surface area contributed by atoms with Gasteiger partial charge < -0.3 is 19.2 Å². The van der Waals surface area contributed by atoms with Crippen LogP contribution in [0.25, 0.3) is 0 Å². The Hall–Kier alpha value is -2.02. The van der Waals surface area contributed by atoms with Gasteiger partial charge in [0, 0.05) is 24.7 Å². The molecule has 6 nitrogen and oxygen atoms in total. The Morgan fingerprint density at radius 2 is 2.00 bits per heavy atom. The summed E-state index contributed by atoms with van der Waals surface area (Å²) in [6, 6.07) is 7.44. The number of carbonyl (C=O) groups excluding carboxylic acids is 1. The number of ether oxygens (including phenoxy) is 2. The molecule has 7 heteroatoms. The van der Waals surface area contributed by atoms with Crippen molar-refractivity contribution in [1.82, 2.24) is 10.2 Å². The van der Waals surface area contributed by atoms with Crippen LogP contribution in [0.1, 0.15) is 22.9 Å². The zero-order valence-corrected chi connectivity index (χ0v) is 16.4. The number of morpholine rings is 1. The number of hydrogen-bond acceptors (Lipinski definition) is 5. The number of carbonyl (C=O) groups is 1. The minimum atomic E-state index is -0.176. The predicted molar refractivity (Wildman–Crippen MR) is 103 cm³/mol. The number of halogens is 1. The van der Waals surface area contributed by atoms with Gasteiger partial charge in [-0.05, 0) is 49.2 Å². The van der Waals surface area contributed by atoms with Crippen molar-refractivity contribution in [2.45, 2.75) is 19.9 Å². The minimum Gasteiger partial charge on any atom is -0.484 e. The van der Waals surface area contributed by atoms with Crippen molar-refractivity contribution in [3.8, 4) is 5.75 Å². The van der Waals surface area contributed by atoms with Crippen LogP contribution in [-0.2, 0) is 9.53 Å². The highest BCUT2D eigenvalue weighted by atomic mass is 35.5. The van der Waals surface area contributed by atoms with Gasteiger partial charge in [0.25, 0.3) is 5.91 Å². The van der Waals surface area contributed by atoms with E-state index in [1.807, 2.05) is 38.1 Å². The number of hydrogen-bond donors (Lipinski definition) is 1. The molecule has 1 N–H and O–H groups in total. The molecule has 1 aromatic heterocycles. The van der Waals surface area contributed by atoms with Gasteiger partial charge in [-0.15, -0.1) is 0 Å². The maximum Gasteiger partial charge on any atom is 0.258 e. The van der Waals surface area contributed by atoms with Crippen LogP contribution in [0.5, 0.6) is 5.75 Å². The number of aryl methyl sites for hydroxylation is 2. The van der Waals surface area contributed by atoms with Crippen molar-refractivity contribution in [2.24, 2.45) is 0 Å². The quantitative estimate of drug-likeness (QED) is 0.784. The largest absolute Gasteiger partial charge is 0.484 e. The lowest BCUT2D eigenvalue weighted by atomic mass is 10.1. The normalized spacial score (nSPS) is 16.1. The summed E-state index contributed by atoms with van der Waals surface area (Å²) in [7, 11) is 0. The summed E-state index contributed by atoms with van der Waals surface area (Å²) in [6.07, 6.45) is 1.65. The van der Waals surface area contributed by atoms with Crippen molar-refractivity contribution in [2.75, 3.05) is 39.5 Å². The second-order valence-electron chi connectivity index (χ2n) is 6.64. The van der Waals surface area contributed by atoms with E-state index in [4.69, 9.17) is 25.5 Å². The maximum absolute atomic E-state index is 12.3. The zero-order chi connectivity index (χ0) is 19.2. The Balaban J connectivity index is 1.54. The lowest BCUT2D eigenvalue weighted by Crippen LogP contribution is -2.44. The van der Waals surface area contributed by atoms with Crippen LogP contribution in [0.4, 0.5) is 0 Å². The molecule has 0 unspecified atom stereocenters. The Bertz CT molecular complexity index is 734. The standard InChI is InChI=1S/C20H25ClN2O4/c1-14-10-16(11-15(2)20(14)21)27-13-19(24)22-12-17(18-4-3-7-26-18)23-5-8-25-9-6-23/h3-4,7,10-11,17H,5-6,8-9,12-13H2,1-2H3,(H,22,24)/t17-/m0/s1. The van der Waals surface area contributed by atoms with E-state index in [9.17, 15) is 4.79 Å². The summed E-state index contributed by atoms with van der Waals surface area (Å²) in [5, 5.41) is 3.67. The molecule has 0 bridgehead atoms. The van der Waals surface area contributed by atoms with E-state index in [1.54, 1.807) is 6.26 Å². The van der Waals surface area contributed by atoms with Crippen molar-refractivity contribution in [3.63, 3.8) is 0 Å². The topological polar surface area (TPSA) is 63.9 Å². The molecule has 0 spiro atoms. The number of benzene rings is 1. The zero-order valence-electron chi connectivity index (χ0n) is 15.7. The van der Waals surface area contributed by atoms with E-state index in [1.165, 1.54) is 0 Å². The highest BCUT2D eigenvalue weighted by molar-refractivity contribution is 6.32. The molecule has 1 fully saturated rings. The van der Waals surface area contributed by atoms with Crippen molar-refractivity contribution in [1.29, 1.82) is 0 Å². The second-order valence-corrected chi connectivity index (χ2v) is 7.02. The van der Waals surface area contributed by atoms with Gasteiger partial charge in [0.2, 0.25) is 0 Å². The third-order valence-corrected chi connectivity index (χ3v) is 5.23. The third kappa shape index (κ3) is 5.25. The Morgan fingerprint density at radius 1 is 1.30 bits per heavy atom. The number of nitrogens with one attached hydrogen (secondary N) is 1. The van der Waals surface area contributed by atoms with E-state index in [0.29, 0.717) is 25.5 Å². The fourth-order valence-corrected chi connectivity index (χ4v) is 3.29. The van der Waals surface area contributed by atoms with E-state index < -0.39 is 0 Å². The van der Waals surface area contributed by atoms with E-state index >= 15 is 0 Å².